The smallest absolute Gasteiger partial charge is 0.274 e. The number of rotatable bonds is 3. The van der Waals surface area contributed by atoms with Gasteiger partial charge in [-0.15, -0.1) is 5.10 Å². The summed E-state index contributed by atoms with van der Waals surface area (Å²) in [6.07, 6.45) is 10.0. The number of hydrogen-bond donors (Lipinski definition) is 0. The molecule has 1 atom stereocenters. The van der Waals surface area contributed by atoms with Crippen LogP contribution in [0.15, 0.2) is 24.8 Å². The number of hydrogen-bond acceptors (Lipinski definition) is 5. The van der Waals surface area contributed by atoms with Gasteiger partial charge < -0.3 is 4.90 Å². The van der Waals surface area contributed by atoms with Crippen molar-refractivity contribution in [3.8, 4) is 0 Å². The van der Waals surface area contributed by atoms with Crippen LogP contribution in [0.3, 0.4) is 0 Å². The Labute approximate surface area is 122 Å². The van der Waals surface area contributed by atoms with Crippen molar-refractivity contribution in [1.29, 1.82) is 0 Å². The van der Waals surface area contributed by atoms with Crippen molar-refractivity contribution in [3.05, 3.63) is 36.2 Å². The van der Waals surface area contributed by atoms with Crippen molar-refractivity contribution in [3.63, 3.8) is 0 Å². The first-order chi connectivity index (χ1) is 10.3. The molecule has 0 bridgehead atoms. The van der Waals surface area contributed by atoms with Crippen molar-refractivity contribution < 1.29 is 4.79 Å². The molecule has 3 heterocycles. The lowest BCUT2D eigenvalue weighted by molar-refractivity contribution is 0.0780. The first kappa shape index (κ1) is 12.4. The first-order valence-electron chi connectivity index (χ1n) is 7.28. The largest absolute Gasteiger partial charge is 0.335 e. The molecule has 1 saturated carbocycles. The zero-order valence-corrected chi connectivity index (χ0v) is 11.6. The van der Waals surface area contributed by atoms with Gasteiger partial charge in [0.1, 0.15) is 5.69 Å². The SMILES string of the molecule is O=C(c1cnccn1)N1CC[C@H](n2cc(C3CC3)nn2)C1. The lowest BCUT2D eigenvalue weighted by atomic mass is 10.2. The molecule has 21 heavy (non-hydrogen) atoms. The van der Waals surface area contributed by atoms with Crippen LogP contribution in [0.1, 0.15) is 47.4 Å². The lowest BCUT2D eigenvalue weighted by Crippen LogP contribution is -2.30. The molecule has 0 unspecified atom stereocenters. The maximum Gasteiger partial charge on any atom is 0.274 e. The van der Waals surface area contributed by atoms with E-state index in [0.29, 0.717) is 18.2 Å². The van der Waals surface area contributed by atoms with Gasteiger partial charge in [-0.05, 0) is 19.3 Å². The highest BCUT2D eigenvalue weighted by molar-refractivity contribution is 5.92. The van der Waals surface area contributed by atoms with Crippen LogP contribution in [0.4, 0.5) is 0 Å². The normalized spacial score (nSPS) is 21.7. The van der Waals surface area contributed by atoms with Crippen LogP contribution in [0.2, 0.25) is 0 Å². The average molecular weight is 284 g/mol. The Kier molecular flexibility index (Phi) is 2.90. The van der Waals surface area contributed by atoms with E-state index in [4.69, 9.17) is 0 Å². The fraction of sp³-hybridized carbons (Fsp3) is 0.500. The summed E-state index contributed by atoms with van der Waals surface area (Å²) in [5.74, 6) is 0.547. The third-order valence-corrected chi connectivity index (χ3v) is 4.13. The quantitative estimate of drug-likeness (QED) is 0.841. The van der Waals surface area contributed by atoms with Gasteiger partial charge in [0.05, 0.1) is 17.9 Å². The van der Waals surface area contributed by atoms with Gasteiger partial charge in [-0.25, -0.2) is 9.67 Å². The second-order valence-corrected chi connectivity index (χ2v) is 5.68. The van der Waals surface area contributed by atoms with Crippen molar-refractivity contribution in [2.45, 2.75) is 31.2 Å². The third-order valence-electron chi connectivity index (χ3n) is 4.13. The van der Waals surface area contributed by atoms with E-state index >= 15 is 0 Å². The molecular weight excluding hydrogens is 268 g/mol. The maximum absolute atomic E-state index is 12.3. The Bertz CT molecular complexity index is 650. The molecule has 0 N–H and O–H groups in total. The fourth-order valence-corrected chi connectivity index (χ4v) is 2.75. The van der Waals surface area contributed by atoms with Gasteiger partial charge in [0.2, 0.25) is 0 Å². The molecule has 0 spiro atoms. The van der Waals surface area contributed by atoms with Crippen LogP contribution in [0.25, 0.3) is 0 Å². The van der Waals surface area contributed by atoms with Gasteiger partial charge in [-0.3, -0.25) is 9.78 Å². The van der Waals surface area contributed by atoms with Gasteiger partial charge in [-0.1, -0.05) is 5.21 Å². The summed E-state index contributed by atoms with van der Waals surface area (Å²) in [5, 5.41) is 8.46. The van der Waals surface area contributed by atoms with Crippen LogP contribution >= 0.6 is 0 Å². The second-order valence-electron chi connectivity index (χ2n) is 5.68. The summed E-state index contributed by atoms with van der Waals surface area (Å²) in [4.78, 5) is 22.2. The maximum atomic E-state index is 12.3. The minimum atomic E-state index is -0.0619. The zero-order valence-electron chi connectivity index (χ0n) is 11.6. The predicted molar refractivity (Wildman–Crippen MR) is 73.6 cm³/mol. The molecule has 7 heteroatoms. The van der Waals surface area contributed by atoms with Gasteiger partial charge in [-0.2, -0.15) is 0 Å². The fourth-order valence-electron chi connectivity index (χ4n) is 2.75. The number of carbonyl (C=O) groups excluding carboxylic acids is 1. The Morgan fingerprint density at radius 2 is 2.14 bits per heavy atom. The van der Waals surface area contributed by atoms with Gasteiger partial charge in [0.25, 0.3) is 5.91 Å². The predicted octanol–water partition coefficient (Wildman–Crippen LogP) is 1.03. The molecule has 0 aromatic carbocycles. The summed E-state index contributed by atoms with van der Waals surface area (Å²) in [6.45, 7) is 1.38. The zero-order chi connectivity index (χ0) is 14.2. The van der Waals surface area contributed by atoms with Crippen molar-refractivity contribution >= 4 is 5.91 Å². The monoisotopic (exact) mass is 284 g/mol. The minimum Gasteiger partial charge on any atom is -0.335 e. The van der Waals surface area contributed by atoms with E-state index in [1.165, 1.54) is 19.0 Å². The third kappa shape index (κ3) is 2.39. The molecule has 1 aliphatic heterocycles. The van der Waals surface area contributed by atoms with E-state index in [1.807, 2.05) is 15.8 Å². The van der Waals surface area contributed by atoms with E-state index in [0.717, 1.165) is 18.7 Å². The summed E-state index contributed by atoms with van der Waals surface area (Å²) >= 11 is 0. The summed E-state index contributed by atoms with van der Waals surface area (Å²) in [7, 11) is 0. The number of nitrogens with zero attached hydrogens (tertiary/aromatic N) is 6. The van der Waals surface area contributed by atoms with Gasteiger partial charge in [0.15, 0.2) is 0 Å². The number of likely N-dealkylation sites (tertiary alicyclic amines) is 1. The van der Waals surface area contributed by atoms with Gasteiger partial charge >= 0.3 is 0 Å². The van der Waals surface area contributed by atoms with Gasteiger partial charge in [0, 0.05) is 37.6 Å². The second kappa shape index (κ2) is 4.91. The molecule has 1 aliphatic carbocycles. The molecule has 2 aromatic rings. The molecule has 2 aliphatic rings. The van der Waals surface area contributed by atoms with E-state index < -0.39 is 0 Å². The topological polar surface area (TPSA) is 76.8 Å². The molecule has 1 amide bonds. The number of aromatic nitrogens is 5. The van der Waals surface area contributed by atoms with Crippen LogP contribution in [-0.2, 0) is 0 Å². The van der Waals surface area contributed by atoms with E-state index in [9.17, 15) is 4.79 Å². The van der Waals surface area contributed by atoms with E-state index in [2.05, 4.69) is 20.3 Å². The van der Waals surface area contributed by atoms with E-state index in [-0.39, 0.29) is 11.9 Å². The summed E-state index contributed by atoms with van der Waals surface area (Å²) < 4.78 is 1.91. The molecule has 1 saturated heterocycles. The Balaban J connectivity index is 1.45. The highest BCUT2D eigenvalue weighted by atomic mass is 16.2. The van der Waals surface area contributed by atoms with E-state index in [1.54, 1.807) is 12.4 Å². The first-order valence-corrected chi connectivity index (χ1v) is 7.28. The summed E-state index contributed by atoms with van der Waals surface area (Å²) in [6, 6.07) is 0.214. The van der Waals surface area contributed by atoms with Crippen LogP contribution in [0, 0.1) is 0 Å². The Hall–Kier alpha value is -2.31. The van der Waals surface area contributed by atoms with Crippen LogP contribution < -0.4 is 0 Å². The highest BCUT2D eigenvalue weighted by Gasteiger charge is 2.31. The lowest BCUT2D eigenvalue weighted by Gasteiger charge is -2.15. The molecular formula is C14H16N6O. The molecule has 0 radical (unpaired) electrons. The average Bonchev–Trinajstić information content (AvgIpc) is 3.07. The Morgan fingerprint density at radius 1 is 1.24 bits per heavy atom. The van der Waals surface area contributed by atoms with Crippen LogP contribution in [-0.4, -0.2) is 48.9 Å². The number of amides is 1. The van der Waals surface area contributed by atoms with Crippen molar-refractivity contribution in [2.24, 2.45) is 0 Å². The standard InChI is InChI=1S/C14H16N6O/c21-14(12-7-15-4-5-16-12)19-6-3-11(8-19)20-9-13(17-18-20)10-1-2-10/h4-5,7,9-11H,1-3,6,8H2/t11-/m0/s1. The Morgan fingerprint density at radius 3 is 2.90 bits per heavy atom. The molecule has 2 aromatic heterocycles. The highest BCUT2D eigenvalue weighted by Crippen LogP contribution is 2.39. The minimum absolute atomic E-state index is 0.0619. The van der Waals surface area contributed by atoms with Crippen LogP contribution in [0.5, 0.6) is 0 Å². The molecule has 7 nitrogen and oxygen atoms in total. The van der Waals surface area contributed by atoms with Crippen molar-refractivity contribution in [1.82, 2.24) is 29.9 Å². The molecule has 4 rings (SSSR count). The molecule has 2 fully saturated rings. The summed E-state index contributed by atoms with van der Waals surface area (Å²) in [5.41, 5.74) is 1.49. The number of carbonyl (C=O) groups is 1. The van der Waals surface area contributed by atoms with Crippen molar-refractivity contribution in [2.75, 3.05) is 13.1 Å². The molecule has 108 valence electrons.